The van der Waals surface area contributed by atoms with Crippen molar-refractivity contribution in [2.45, 2.75) is 13.8 Å². The summed E-state index contributed by atoms with van der Waals surface area (Å²) in [4.78, 5) is 0. The van der Waals surface area contributed by atoms with E-state index < -0.39 is 0 Å². The lowest BCUT2D eigenvalue weighted by molar-refractivity contribution is 0.324. The Hall–Kier alpha value is -2.69. The topological polar surface area (TPSA) is 43.3 Å². The fourth-order valence-corrected chi connectivity index (χ4v) is 2.41. The highest BCUT2D eigenvalue weighted by molar-refractivity contribution is 5.86. The third-order valence-corrected chi connectivity index (χ3v) is 3.70. The molecule has 5 heteroatoms. The molecule has 0 aliphatic carbocycles. The average Bonchev–Trinajstić information content (AvgIpc) is 2.62. The van der Waals surface area contributed by atoms with Gasteiger partial charge < -0.3 is 14.2 Å². The van der Waals surface area contributed by atoms with Crippen molar-refractivity contribution in [3.63, 3.8) is 0 Å². The minimum Gasteiger partial charge on any atom is -0.493 e. The van der Waals surface area contributed by atoms with Crippen LogP contribution in [0, 0.1) is 6.92 Å². The summed E-state index contributed by atoms with van der Waals surface area (Å²) in [6.45, 7) is 4.88. The largest absolute Gasteiger partial charge is 0.493 e. The van der Waals surface area contributed by atoms with Crippen molar-refractivity contribution in [2.24, 2.45) is 5.10 Å². The second-order valence-electron chi connectivity index (χ2n) is 5.22. The van der Waals surface area contributed by atoms with Gasteiger partial charge in [-0.15, -0.1) is 0 Å². The summed E-state index contributed by atoms with van der Waals surface area (Å²) in [5.74, 6) is 1.78. The van der Waals surface area contributed by atoms with Gasteiger partial charge in [0.15, 0.2) is 11.5 Å². The second-order valence-corrected chi connectivity index (χ2v) is 5.22. The number of aryl methyl sites for hydroxylation is 1. The number of methoxy groups -OCH3 is 3. The predicted octanol–water partition coefficient (Wildman–Crippen LogP) is 3.88. The standard InChI is InChI=1S/C19H24N2O3/c1-6-21(16-10-7-14(2)8-11-16)20-13-15-9-12-17(22-3)19(24-5)18(15)23-4/h7-13H,6H2,1-5H3/b20-13+. The molecular formula is C19H24N2O3. The quantitative estimate of drug-likeness (QED) is 0.571. The lowest BCUT2D eigenvalue weighted by atomic mass is 10.2. The van der Waals surface area contributed by atoms with Crippen molar-refractivity contribution in [3.8, 4) is 17.2 Å². The van der Waals surface area contributed by atoms with Crippen LogP contribution in [-0.2, 0) is 0 Å². The third-order valence-electron chi connectivity index (χ3n) is 3.70. The van der Waals surface area contributed by atoms with E-state index in [4.69, 9.17) is 14.2 Å². The van der Waals surface area contributed by atoms with E-state index in [9.17, 15) is 0 Å². The molecule has 0 bridgehead atoms. The molecule has 0 aromatic heterocycles. The molecule has 128 valence electrons. The molecular weight excluding hydrogens is 304 g/mol. The fourth-order valence-electron chi connectivity index (χ4n) is 2.41. The van der Waals surface area contributed by atoms with E-state index in [0.29, 0.717) is 17.2 Å². The van der Waals surface area contributed by atoms with Gasteiger partial charge in [-0.1, -0.05) is 17.7 Å². The zero-order valence-electron chi connectivity index (χ0n) is 14.9. The van der Waals surface area contributed by atoms with E-state index in [2.05, 4.69) is 43.2 Å². The predicted molar refractivity (Wildman–Crippen MR) is 97.9 cm³/mol. The molecule has 0 spiro atoms. The molecule has 0 aliphatic heterocycles. The van der Waals surface area contributed by atoms with E-state index in [-0.39, 0.29) is 0 Å². The van der Waals surface area contributed by atoms with Gasteiger partial charge in [-0.05, 0) is 38.1 Å². The highest BCUT2D eigenvalue weighted by atomic mass is 16.5. The van der Waals surface area contributed by atoms with Crippen LogP contribution in [0.4, 0.5) is 5.69 Å². The molecule has 2 aromatic carbocycles. The first-order valence-corrected chi connectivity index (χ1v) is 7.81. The molecule has 24 heavy (non-hydrogen) atoms. The van der Waals surface area contributed by atoms with Crippen molar-refractivity contribution in [1.82, 2.24) is 0 Å². The Labute approximate surface area is 143 Å². The average molecular weight is 328 g/mol. The number of hydrogen-bond donors (Lipinski definition) is 0. The lowest BCUT2D eigenvalue weighted by Crippen LogP contribution is -2.15. The summed E-state index contributed by atoms with van der Waals surface area (Å²) >= 11 is 0. The van der Waals surface area contributed by atoms with Gasteiger partial charge in [-0.3, -0.25) is 5.01 Å². The number of nitrogens with zero attached hydrogens (tertiary/aromatic N) is 2. The number of ether oxygens (including phenoxy) is 3. The highest BCUT2D eigenvalue weighted by Gasteiger charge is 2.14. The van der Waals surface area contributed by atoms with Crippen LogP contribution in [0.2, 0.25) is 0 Å². The molecule has 0 saturated heterocycles. The van der Waals surface area contributed by atoms with E-state index in [1.165, 1.54) is 5.56 Å². The summed E-state index contributed by atoms with van der Waals surface area (Å²) in [5, 5.41) is 6.51. The van der Waals surface area contributed by atoms with Crippen molar-refractivity contribution >= 4 is 11.9 Å². The Morgan fingerprint density at radius 3 is 2.12 bits per heavy atom. The maximum atomic E-state index is 5.48. The van der Waals surface area contributed by atoms with Crippen LogP contribution < -0.4 is 19.2 Å². The van der Waals surface area contributed by atoms with Gasteiger partial charge in [-0.25, -0.2) is 0 Å². The first-order chi connectivity index (χ1) is 11.6. The molecule has 0 heterocycles. The Morgan fingerprint density at radius 1 is 0.917 bits per heavy atom. The van der Waals surface area contributed by atoms with Gasteiger partial charge >= 0.3 is 0 Å². The SMILES string of the molecule is CCN(/N=C/c1ccc(OC)c(OC)c1OC)c1ccc(C)cc1. The number of hydrogen-bond acceptors (Lipinski definition) is 5. The summed E-state index contributed by atoms with van der Waals surface area (Å²) < 4.78 is 16.2. The number of rotatable bonds is 7. The number of anilines is 1. The molecule has 0 fully saturated rings. The Kier molecular flexibility index (Phi) is 6.07. The van der Waals surface area contributed by atoms with Crippen molar-refractivity contribution in [3.05, 3.63) is 47.5 Å². The first kappa shape index (κ1) is 17.7. The van der Waals surface area contributed by atoms with Crippen molar-refractivity contribution in [2.75, 3.05) is 32.9 Å². The normalized spacial score (nSPS) is 10.7. The maximum absolute atomic E-state index is 5.48. The van der Waals surface area contributed by atoms with Crippen LogP contribution in [0.15, 0.2) is 41.5 Å². The highest BCUT2D eigenvalue weighted by Crippen LogP contribution is 2.39. The molecule has 2 rings (SSSR count). The first-order valence-electron chi connectivity index (χ1n) is 7.81. The number of benzene rings is 2. The fraction of sp³-hybridized carbons (Fsp3) is 0.316. The molecule has 2 aromatic rings. The maximum Gasteiger partial charge on any atom is 0.203 e. The molecule has 0 N–H and O–H groups in total. The van der Waals surface area contributed by atoms with Gasteiger partial charge in [0.25, 0.3) is 0 Å². The smallest absolute Gasteiger partial charge is 0.203 e. The van der Waals surface area contributed by atoms with Crippen LogP contribution in [-0.4, -0.2) is 34.1 Å². The van der Waals surface area contributed by atoms with Crippen LogP contribution in [0.25, 0.3) is 0 Å². The minimum atomic E-state index is 0.558. The molecule has 5 nitrogen and oxygen atoms in total. The van der Waals surface area contributed by atoms with Gasteiger partial charge in [0, 0.05) is 12.1 Å². The van der Waals surface area contributed by atoms with Crippen LogP contribution in [0.5, 0.6) is 17.2 Å². The van der Waals surface area contributed by atoms with E-state index >= 15 is 0 Å². The van der Waals surface area contributed by atoms with Gasteiger partial charge in [0.2, 0.25) is 5.75 Å². The molecule has 0 atom stereocenters. The van der Waals surface area contributed by atoms with Crippen LogP contribution in [0.3, 0.4) is 0 Å². The zero-order valence-corrected chi connectivity index (χ0v) is 14.9. The van der Waals surface area contributed by atoms with Gasteiger partial charge in [0.1, 0.15) is 0 Å². The van der Waals surface area contributed by atoms with E-state index in [1.54, 1.807) is 27.5 Å². The number of hydrazone groups is 1. The van der Waals surface area contributed by atoms with E-state index in [0.717, 1.165) is 17.8 Å². The summed E-state index contributed by atoms with van der Waals surface area (Å²) in [7, 11) is 4.79. The van der Waals surface area contributed by atoms with Crippen LogP contribution in [0.1, 0.15) is 18.1 Å². The summed E-state index contributed by atoms with van der Waals surface area (Å²) in [6.07, 6.45) is 1.77. The second kappa shape index (κ2) is 8.24. The monoisotopic (exact) mass is 328 g/mol. The Bertz CT molecular complexity index is 697. The lowest BCUT2D eigenvalue weighted by Gasteiger charge is -2.18. The minimum absolute atomic E-state index is 0.558. The Balaban J connectivity index is 2.34. The Morgan fingerprint density at radius 2 is 1.58 bits per heavy atom. The summed E-state index contributed by atoms with van der Waals surface area (Å²) in [5.41, 5.74) is 3.08. The van der Waals surface area contributed by atoms with Gasteiger partial charge in [-0.2, -0.15) is 5.10 Å². The van der Waals surface area contributed by atoms with Gasteiger partial charge in [0.05, 0.1) is 33.2 Å². The third kappa shape index (κ3) is 3.79. The van der Waals surface area contributed by atoms with Crippen molar-refractivity contribution < 1.29 is 14.2 Å². The summed E-state index contributed by atoms with van der Waals surface area (Å²) in [6, 6.07) is 12.0. The van der Waals surface area contributed by atoms with E-state index in [1.807, 2.05) is 17.1 Å². The molecule has 0 amide bonds. The van der Waals surface area contributed by atoms with Crippen molar-refractivity contribution in [1.29, 1.82) is 0 Å². The molecule has 0 unspecified atom stereocenters. The molecule has 0 saturated carbocycles. The molecule has 0 radical (unpaired) electrons. The zero-order chi connectivity index (χ0) is 17.5. The molecule has 0 aliphatic rings. The van der Waals surface area contributed by atoms with Crippen LogP contribution >= 0.6 is 0 Å².